The molecule has 5 heteroatoms. The van der Waals surface area contributed by atoms with Crippen LogP contribution in [-0.4, -0.2) is 0 Å². The summed E-state index contributed by atoms with van der Waals surface area (Å²) in [4.78, 5) is 0. The molecule has 0 aromatic heterocycles. The van der Waals surface area contributed by atoms with Gasteiger partial charge in [-0.25, -0.2) is 4.39 Å². The highest BCUT2D eigenvalue weighted by Gasteiger charge is 2.06. The Morgan fingerprint density at radius 2 is 1.89 bits per heavy atom. The van der Waals surface area contributed by atoms with Gasteiger partial charge in [0.15, 0.2) is 0 Å². The molecular formula is C13H9BrFN3. The zero-order valence-electron chi connectivity index (χ0n) is 9.24. The average Bonchev–Trinajstić information content (AvgIpc) is 2.34. The zero-order chi connectivity index (χ0) is 13.1. The van der Waals surface area contributed by atoms with Crippen molar-refractivity contribution >= 4 is 33.0 Å². The molecule has 18 heavy (non-hydrogen) atoms. The van der Waals surface area contributed by atoms with E-state index in [1.807, 2.05) is 0 Å². The number of nitrogens with one attached hydrogen (secondary N) is 1. The van der Waals surface area contributed by atoms with Crippen LogP contribution in [0.4, 0.5) is 21.5 Å². The van der Waals surface area contributed by atoms with Gasteiger partial charge in [-0.2, -0.15) is 5.26 Å². The van der Waals surface area contributed by atoms with Gasteiger partial charge in [0.2, 0.25) is 0 Å². The summed E-state index contributed by atoms with van der Waals surface area (Å²) in [7, 11) is 0. The fraction of sp³-hybridized carbons (Fsp3) is 0. The molecule has 0 saturated heterocycles. The fourth-order valence-corrected chi connectivity index (χ4v) is 1.95. The lowest BCUT2D eigenvalue weighted by molar-refractivity contribution is 0.627. The molecule has 0 spiro atoms. The summed E-state index contributed by atoms with van der Waals surface area (Å²) in [6.45, 7) is 0. The first-order chi connectivity index (χ1) is 8.60. The number of nitrogen functional groups attached to an aromatic ring is 1. The highest BCUT2D eigenvalue weighted by molar-refractivity contribution is 9.10. The van der Waals surface area contributed by atoms with Crippen molar-refractivity contribution < 1.29 is 4.39 Å². The number of hydrogen-bond donors (Lipinski definition) is 2. The first-order valence-corrected chi connectivity index (χ1v) is 5.91. The average molecular weight is 306 g/mol. The maximum absolute atomic E-state index is 13.0. The minimum atomic E-state index is -0.328. The minimum Gasteiger partial charge on any atom is -0.399 e. The molecule has 2 aromatic rings. The van der Waals surface area contributed by atoms with Crippen molar-refractivity contribution in [2.24, 2.45) is 0 Å². The maximum Gasteiger partial charge on any atom is 0.124 e. The quantitative estimate of drug-likeness (QED) is 0.830. The largest absolute Gasteiger partial charge is 0.399 e. The van der Waals surface area contributed by atoms with Crippen LogP contribution >= 0.6 is 15.9 Å². The van der Waals surface area contributed by atoms with Crippen molar-refractivity contribution in [3.8, 4) is 6.07 Å². The summed E-state index contributed by atoms with van der Waals surface area (Å²) < 4.78 is 13.5. The lowest BCUT2D eigenvalue weighted by Crippen LogP contribution is -1.96. The van der Waals surface area contributed by atoms with Gasteiger partial charge < -0.3 is 11.1 Å². The van der Waals surface area contributed by atoms with Crippen LogP contribution in [0.2, 0.25) is 0 Å². The SMILES string of the molecule is N#Cc1cc(N)ccc1Nc1ccc(F)cc1Br. The van der Waals surface area contributed by atoms with Crippen molar-refractivity contribution in [2.45, 2.75) is 0 Å². The van der Waals surface area contributed by atoms with E-state index in [4.69, 9.17) is 11.0 Å². The van der Waals surface area contributed by atoms with Crippen LogP contribution in [0.15, 0.2) is 40.9 Å². The third kappa shape index (κ3) is 2.60. The van der Waals surface area contributed by atoms with Crippen molar-refractivity contribution in [3.63, 3.8) is 0 Å². The third-order valence-electron chi connectivity index (χ3n) is 2.36. The monoisotopic (exact) mass is 305 g/mol. The second-order valence-corrected chi connectivity index (χ2v) is 4.52. The lowest BCUT2D eigenvalue weighted by atomic mass is 10.1. The molecule has 0 amide bonds. The molecule has 0 heterocycles. The van der Waals surface area contributed by atoms with Crippen LogP contribution in [0, 0.1) is 17.1 Å². The summed E-state index contributed by atoms with van der Waals surface area (Å²) in [5.41, 5.74) is 7.87. The summed E-state index contributed by atoms with van der Waals surface area (Å²) >= 11 is 3.26. The first kappa shape index (κ1) is 12.4. The van der Waals surface area contributed by atoms with Crippen LogP contribution in [0.5, 0.6) is 0 Å². The van der Waals surface area contributed by atoms with E-state index in [1.165, 1.54) is 12.1 Å². The summed E-state index contributed by atoms with van der Waals surface area (Å²) in [6.07, 6.45) is 0. The molecule has 0 aliphatic heterocycles. The molecule has 0 atom stereocenters. The Hall–Kier alpha value is -2.06. The van der Waals surface area contributed by atoms with E-state index in [1.54, 1.807) is 24.3 Å². The van der Waals surface area contributed by atoms with Crippen molar-refractivity contribution in [1.29, 1.82) is 5.26 Å². The van der Waals surface area contributed by atoms with Gasteiger partial charge >= 0.3 is 0 Å². The van der Waals surface area contributed by atoms with E-state index >= 15 is 0 Å². The fourth-order valence-electron chi connectivity index (χ4n) is 1.50. The highest BCUT2D eigenvalue weighted by atomic mass is 79.9. The van der Waals surface area contributed by atoms with Crippen LogP contribution in [0.3, 0.4) is 0 Å². The van der Waals surface area contributed by atoms with Gasteiger partial charge in [-0.15, -0.1) is 0 Å². The number of rotatable bonds is 2. The molecule has 0 aliphatic carbocycles. The van der Waals surface area contributed by atoms with Crippen LogP contribution < -0.4 is 11.1 Å². The van der Waals surface area contributed by atoms with Crippen molar-refractivity contribution in [1.82, 2.24) is 0 Å². The third-order valence-corrected chi connectivity index (χ3v) is 3.02. The molecule has 2 aromatic carbocycles. The van der Waals surface area contributed by atoms with Gasteiger partial charge in [0.1, 0.15) is 11.9 Å². The molecule has 3 nitrogen and oxygen atoms in total. The second-order valence-electron chi connectivity index (χ2n) is 3.67. The Morgan fingerprint density at radius 3 is 2.56 bits per heavy atom. The Balaban J connectivity index is 2.37. The molecule has 90 valence electrons. The minimum absolute atomic E-state index is 0.328. The number of halogens is 2. The predicted octanol–water partition coefficient (Wildman–Crippen LogP) is 3.79. The van der Waals surface area contributed by atoms with E-state index < -0.39 is 0 Å². The number of anilines is 3. The number of benzene rings is 2. The summed E-state index contributed by atoms with van der Waals surface area (Å²) in [6, 6.07) is 11.3. The van der Waals surface area contributed by atoms with Crippen LogP contribution in [0.25, 0.3) is 0 Å². The van der Waals surface area contributed by atoms with Crippen LogP contribution in [0.1, 0.15) is 5.56 Å². The Labute approximate surface area is 112 Å². The number of nitriles is 1. The molecule has 0 saturated carbocycles. The van der Waals surface area contributed by atoms with Gasteiger partial charge in [-0.1, -0.05) is 0 Å². The molecule has 0 unspecified atom stereocenters. The van der Waals surface area contributed by atoms with E-state index in [0.29, 0.717) is 27.1 Å². The summed E-state index contributed by atoms with van der Waals surface area (Å²) in [5.74, 6) is -0.328. The molecule has 3 N–H and O–H groups in total. The first-order valence-electron chi connectivity index (χ1n) is 5.12. The Kier molecular flexibility index (Phi) is 3.49. The molecule has 0 bridgehead atoms. The number of hydrogen-bond acceptors (Lipinski definition) is 3. The standard InChI is InChI=1S/C13H9BrFN3/c14-11-6-9(15)1-3-13(11)18-12-4-2-10(17)5-8(12)7-16/h1-6,18H,17H2. The van der Waals surface area contributed by atoms with Crippen LogP contribution in [-0.2, 0) is 0 Å². The van der Waals surface area contributed by atoms with E-state index in [-0.39, 0.29) is 5.82 Å². The lowest BCUT2D eigenvalue weighted by Gasteiger charge is -2.10. The molecule has 2 rings (SSSR count). The zero-order valence-corrected chi connectivity index (χ0v) is 10.8. The second kappa shape index (κ2) is 5.07. The predicted molar refractivity (Wildman–Crippen MR) is 73.0 cm³/mol. The number of nitrogens with zero attached hydrogens (tertiary/aromatic N) is 1. The maximum atomic E-state index is 13.0. The molecular weight excluding hydrogens is 297 g/mol. The van der Waals surface area contributed by atoms with Gasteiger partial charge in [-0.05, 0) is 52.3 Å². The van der Waals surface area contributed by atoms with E-state index in [2.05, 4.69) is 27.3 Å². The van der Waals surface area contributed by atoms with Gasteiger partial charge in [0.25, 0.3) is 0 Å². The van der Waals surface area contributed by atoms with Gasteiger partial charge in [0.05, 0.1) is 16.9 Å². The normalized spacial score (nSPS) is 9.83. The topological polar surface area (TPSA) is 61.8 Å². The van der Waals surface area contributed by atoms with Gasteiger partial charge in [-0.3, -0.25) is 0 Å². The molecule has 0 radical (unpaired) electrons. The summed E-state index contributed by atoms with van der Waals surface area (Å²) in [5, 5.41) is 12.1. The van der Waals surface area contributed by atoms with Crippen molar-refractivity contribution in [3.05, 3.63) is 52.3 Å². The smallest absolute Gasteiger partial charge is 0.124 e. The van der Waals surface area contributed by atoms with E-state index in [9.17, 15) is 4.39 Å². The number of nitrogens with two attached hydrogens (primary N) is 1. The Morgan fingerprint density at radius 1 is 1.17 bits per heavy atom. The molecule has 0 fully saturated rings. The Bertz CT molecular complexity index is 635. The van der Waals surface area contributed by atoms with Gasteiger partial charge in [0, 0.05) is 10.2 Å². The van der Waals surface area contributed by atoms with Crippen molar-refractivity contribution in [2.75, 3.05) is 11.1 Å². The van der Waals surface area contributed by atoms with E-state index in [0.717, 1.165) is 0 Å². The molecule has 0 aliphatic rings. The highest BCUT2D eigenvalue weighted by Crippen LogP contribution is 2.28.